The normalized spacial score (nSPS) is 20.4. The molecule has 2 aliphatic rings. The highest BCUT2D eigenvalue weighted by molar-refractivity contribution is 5.94. The summed E-state index contributed by atoms with van der Waals surface area (Å²) in [6.07, 6.45) is 3.65. The van der Waals surface area contributed by atoms with Gasteiger partial charge in [0.25, 0.3) is 5.91 Å². The number of carbonyl (C=O) groups is 1. The van der Waals surface area contributed by atoms with Crippen LogP contribution < -0.4 is 14.8 Å². The van der Waals surface area contributed by atoms with Gasteiger partial charge in [0.1, 0.15) is 17.1 Å². The number of aryl methyl sites for hydroxylation is 1. The summed E-state index contributed by atoms with van der Waals surface area (Å²) in [4.78, 5) is 12.8. The molecule has 1 aromatic carbocycles. The number of hydrogen-bond acceptors (Lipinski definition) is 4. The second kappa shape index (κ2) is 5.79. The molecule has 1 atom stereocenters. The molecular formula is C19H23N3O3. The van der Waals surface area contributed by atoms with Crippen molar-refractivity contribution in [3.63, 3.8) is 0 Å². The van der Waals surface area contributed by atoms with Crippen molar-refractivity contribution < 1.29 is 14.3 Å². The van der Waals surface area contributed by atoms with E-state index in [1.807, 2.05) is 32.0 Å². The Labute approximate surface area is 146 Å². The Kier molecular flexibility index (Phi) is 3.71. The zero-order valence-electron chi connectivity index (χ0n) is 14.8. The Bertz CT molecular complexity index is 825. The number of H-pyrrole nitrogens is 1. The van der Waals surface area contributed by atoms with Crippen molar-refractivity contribution in [2.24, 2.45) is 0 Å². The molecule has 132 valence electrons. The summed E-state index contributed by atoms with van der Waals surface area (Å²) in [5, 5.41) is 10.4. The number of methoxy groups -OCH3 is 1. The molecule has 0 fully saturated rings. The maximum Gasteiger partial charge on any atom is 0.272 e. The molecule has 0 saturated carbocycles. The standard InChI is InChI=1S/C19H23N3O3/c1-19(2)10-15(13-9-11(24-3)7-8-16(13)25-19)20-18(23)17-12-5-4-6-14(12)21-22-17/h7-9,15H,4-6,10H2,1-3H3,(H,20,23)(H,21,22)/t15-/m1/s1. The minimum atomic E-state index is -0.354. The third-order valence-electron chi connectivity index (χ3n) is 5.00. The quantitative estimate of drug-likeness (QED) is 0.900. The fraction of sp³-hybridized carbons (Fsp3) is 0.474. The van der Waals surface area contributed by atoms with Gasteiger partial charge >= 0.3 is 0 Å². The molecule has 2 heterocycles. The number of carbonyl (C=O) groups excluding carboxylic acids is 1. The van der Waals surface area contributed by atoms with Crippen LogP contribution in [0.5, 0.6) is 11.5 Å². The topological polar surface area (TPSA) is 76.2 Å². The van der Waals surface area contributed by atoms with Crippen molar-refractivity contribution in [1.82, 2.24) is 15.5 Å². The van der Waals surface area contributed by atoms with Crippen LogP contribution in [0.25, 0.3) is 0 Å². The second-order valence-electron chi connectivity index (χ2n) is 7.38. The fourth-order valence-corrected chi connectivity index (χ4v) is 3.82. The molecule has 1 aromatic heterocycles. The van der Waals surface area contributed by atoms with Crippen LogP contribution in [0, 0.1) is 0 Å². The maximum atomic E-state index is 12.8. The van der Waals surface area contributed by atoms with Crippen molar-refractivity contribution >= 4 is 5.91 Å². The number of benzene rings is 1. The van der Waals surface area contributed by atoms with Crippen LogP contribution in [0.4, 0.5) is 0 Å². The summed E-state index contributed by atoms with van der Waals surface area (Å²) in [6, 6.07) is 5.57. The van der Waals surface area contributed by atoms with Crippen LogP contribution in [0.2, 0.25) is 0 Å². The predicted octanol–water partition coefficient (Wildman–Crippen LogP) is 2.94. The zero-order valence-corrected chi connectivity index (χ0v) is 14.8. The monoisotopic (exact) mass is 341 g/mol. The molecule has 0 unspecified atom stereocenters. The molecule has 0 saturated heterocycles. The Morgan fingerprint density at radius 1 is 1.40 bits per heavy atom. The van der Waals surface area contributed by atoms with Gasteiger partial charge in [0.05, 0.1) is 13.2 Å². The van der Waals surface area contributed by atoms with Gasteiger partial charge < -0.3 is 14.8 Å². The van der Waals surface area contributed by atoms with Gasteiger partial charge in [0, 0.05) is 23.2 Å². The first-order valence-electron chi connectivity index (χ1n) is 8.71. The van der Waals surface area contributed by atoms with Gasteiger partial charge in [0.2, 0.25) is 0 Å². The van der Waals surface area contributed by atoms with E-state index in [0.717, 1.165) is 47.6 Å². The Morgan fingerprint density at radius 2 is 2.24 bits per heavy atom. The summed E-state index contributed by atoms with van der Waals surface area (Å²) in [7, 11) is 1.63. The number of hydrogen-bond donors (Lipinski definition) is 2. The molecule has 25 heavy (non-hydrogen) atoms. The second-order valence-corrected chi connectivity index (χ2v) is 7.38. The van der Waals surface area contributed by atoms with E-state index in [1.54, 1.807) is 7.11 Å². The van der Waals surface area contributed by atoms with Crippen LogP contribution in [-0.2, 0) is 12.8 Å². The summed E-state index contributed by atoms with van der Waals surface area (Å²) in [6.45, 7) is 4.07. The number of rotatable bonds is 3. The summed E-state index contributed by atoms with van der Waals surface area (Å²) in [5.41, 5.74) is 3.28. The van der Waals surface area contributed by atoms with Gasteiger partial charge in [-0.1, -0.05) is 0 Å². The summed E-state index contributed by atoms with van der Waals surface area (Å²) in [5.74, 6) is 1.41. The first kappa shape index (κ1) is 16.0. The van der Waals surface area contributed by atoms with Crippen molar-refractivity contribution in [2.45, 2.75) is 51.2 Å². The van der Waals surface area contributed by atoms with Crippen molar-refractivity contribution in [1.29, 1.82) is 0 Å². The predicted molar refractivity (Wildman–Crippen MR) is 93.1 cm³/mol. The van der Waals surface area contributed by atoms with E-state index in [1.165, 1.54) is 0 Å². The van der Waals surface area contributed by atoms with E-state index in [0.29, 0.717) is 12.1 Å². The molecule has 1 aliphatic carbocycles. The molecule has 6 nitrogen and oxygen atoms in total. The first-order valence-corrected chi connectivity index (χ1v) is 8.71. The van der Waals surface area contributed by atoms with Crippen molar-refractivity contribution in [3.8, 4) is 11.5 Å². The lowest BCUT2D eigenvalue weighted by Crippen LogP contribution is -2.41. The minimum absolute atomic E-state index is 0.129. The van der Waals surface area contributed by atoms with E-state index in [2.05, 4.69) is 15.5 Å². The number of ether oxygens (including phenoxy) is 2. The number of nitrogens with one attached hydrogen (secondary N) is 2. The molecule has 0 bridgehead atoms. The smallest absolute Gasteiger partial charge is 0.272 e. The summed E-state index contributed by atoms with van der Waals surface area (Å²) < 4.78 is 11.4. The highest BCUT2D eigenvalue weighted by Gasteiger charge is 2.36. The van der Waals surface area contributed by atoms with E-state index in [9.17, 15) is 4.79 Å². The minimum Gasteiger partial charge on any atom is -0.497 e. The first-order chi connectivity index (χ1) is 12.0. The average Bonchev–Trinajstić information content (AvgIpc) is 3.16. The number of amides is 1. The molecule has 6 heteroatoms. The average molecular weight is 341 g/mol. The van der Waals surface area contributed by atoms with Gasteiger partial charge in [-0.15, -0.1) is 0 Å². The highest BCUT2D eigenvalue weighted by Crippen LogP contribution is 2.41. The van der Waals surface area contributed by atoms with Gasteiger partial charge in [-0.25, -0.2) is 0 Å². The van der Waals surface area contributed by atoms with Crippen LogP contribution in [0.15, 0.2) is 18.2 Å². The number of aromatic amines is 1. The SMILES string of the molecule is COc1ccc2c(c1)[C@H](NC(=O)c1n[nH]c3c1CCC3)CC(C)(C)O2. The zero-order chi connectivity index (χ0) is 17.6. The Balaban J connectivity index is 1.64. The van der Waals surface area contributed by atoms with Crippen molar-refractivity contribution in [3.05, 3.63) is 40.7 Å². The van der Waals surface area contributed by atoms with Gasteiger partial charge in [-0.3, -0.25) is 9.89 Å². The lowest BCUT2D eigenvalue weighted by molar-refractivity contribution is 0.0616. The number of aromatic nitrogens is 2. The van der Waals surface area contributed by atoms with Crippen LogP contribution >= 0.6 is 0 Å². The fourth-order valence-electron chi connectivity index (χ4n) is 3.82. The lowest BCUT2D eigenvalue weighted by atomic mass is 9.89. The van der Waals surface area contributed by atoms with E-state index in [4.69, 9.17) is 9.47 Å². The number of nitrogens with zero attached hydrogens (tertiary/aromatic N) is 1. The third kappa shape index (κ3) is 2.86. The third-order valence-corrected chi connectivity index (χ3v) is 5.00. The van der Waals surface area contributed by atoms with Crippen molar-refractivity contribution in [2.75, 3.05) is 7.11 Å². The van der Waals surface area contributed by atoms with Crippen LogP contribution in [0.1, 0.15) is 60.0 Å². The lowest BCUT2D eigenvalue weighted by Gasteiger charge is -2.38. The van der Waals surface area contributed by atoms with E-state index < -0.39 is 0 Å². The molecule has 1 aliphatic heterocycles. The molecule has 1 amide bonds. The molecule has 2 N–H and O–H groups in total. The Hall–Kier alpha value is -2.50. The van der Waals surface area contributed by atoms with Gasteiger partial charge in [0.15, 0.2) is 5.69 Å². The molecule has 0 radical (unpaired) electrons. The Morgan fingerprint density at radius 3 is 3.04 bits per heavy atom. The molecule has 4 rings (SSSR count). The molecular weight excluding hydrogens is 318 g/mol. The highest BCUT2D eigenvalue weighted by atomic mass is 16.5. The summed E-state index contributed by atoms with van der Waals surface area (Å²) >= 11 is 0. The van der Waals surface area contributed by atoms with E-state index >= 15 is 0 Å². The number of fused-ring (bicyclic) bond motifs is 2. The maximum absolute atomic E-state index is 12.8. The molecule has 0 spiro atoms. The largest absolute Gasteiger partial charge is 0.497 e. The van der Waals surface area contributed by atoms with Gasteiger partial charge in [-0.2, -0.15) is 5.10 Å². The van der Waals surface area contributed by atoms with Crippen LogP contribution in [-0.4, -0.2) is 28.8 Å². The van der Waals surface area contributed by atoms with E-state index in [-0.39, 0.29) is 17.6 Å². The van der Waals surface area contributed by atoms with Crippen LogP contribution in [0.3, 0.4) is 0 Å². The molecule has 2 aromatic rings. The van der Waals surface area contributed by atoms with Gasteiger partial charge in [-0.05, 0) is 51.3 Å².